The van der Waals surface area contributed by atoms with E-state index in [4.69, 9.17) is 9.57 Å². The zero-order chi connectivity index (χ0) is 12.1. The number of alkyl halides is 1. The highest BCUT2D eigenvalue weighted by atomic mass is 19.1. The SMILES string of the molecule is C=NOCC(OC)[C@H](F)C1C=C(C)NC1=C. The fraction of sp³-hybridized carbons (Fsp3) is 0.545. The predicted molar refractivity (Wildman–Crippen MR) is 60.7 cm³/mol. The molecule has 1 N–H and O–H groups in total. The first-order valence-corrected chi connectivity index (χ1v) is 4.99. The second kappa shape index (κ2) is 5.65. The van der Waals surface area contributed by atoms with Crippen molar-refractivity contribution in [1.29, 1.82) is 0 Å². The molecule has 0 saturated heterocycles. The molecule has 1 aliphatic rings. The van der Waals surface area contributed by atoms with Gasteiger partial charge in [-0.15, -0.1) is 5.16 Å². The highest BCUT2D eigenvalue weighted by molar-refractivity contribution is 5.25. The molecule has 0 aromatic carbocycles. The standard InChI is InChI=1S/C11H17FN2O2/c1-7-5-9(8(2)14-7)11(12)10(15-4)6-16-13-3/h5,9-11,14H,2-3,6H2,1,4H3/t9?,10?,11-/m1/s1. The zero-order valence-electron chi connectivity index (χ0n) is 9.57. The highest BCUT2D eigenvalue weighted by Crippen LogP contribution is 2.27. The van der Waals surface area contributed by atoms with Gasteiger partial charge in [0.05, 0.1) is 5.92 Å². The fourth-order valence-electron chi connectivity index (χ4n) is 1.68. The van der Waals surface area contributed by atoms with Crippen LogP contribution in [0.1, 0.15) is 6.92 Å². The van der Waals surface area contributed by atoms with E-state index in [1.54, 1.807) is 6.08 Å². The van der Waals surface area contributed by atoms with Crippen LogP contribution in [0.5, 0.6) is 0 Å². The summed E-state index contributed by atoms with van der Waals surface area (Å²) in [6.45, 7) is 8.83. The normalized spacial score (nSPS) is 23.3. The Hall–Kier alpha value is -1.36. The van der Waals surface area contributed by atoms with E-state index < -0.39 is 18.2 Å². The number of oxime groups is 1. The van der Waals surface area contributed by atoms with E-state index in [2.05, 4.69) is 23.8 Å². The van der Waals surface area contributed by atoms with Crippen LogP contribution in [0.15, 0.2) is 29.2 Å². The molecule has 4 nitrogen and oxygen atoms in total. The highest BCUT2D eigenvalue weighted by Gasteiger charge is 2.33. The Balaban J connectivity index is 2.63. The maximum atomic E-state index is 14.1. The molecule has 0 bridgehead atoms. The lowest BCUT2D eigenvalue weighted by Crippen LogP contribution is -2.34. The van der Waals surface area contributed by atoms with Crippen LogP contribution in [0.3, 0.4) is 0 Å². The van der Waals surface area contributed by atoms with Crippen LogP contribution in [0.4, 0.5) is 4.39 Å². The molecule has 0 aromatic heterocycles. The summed E-state index contributed by atoms with van der Waals surface area (Å²) in [6.07, 6.45) is -0.110. The van der Waals surface area contributed by atoms with Gasteiger partial charge in [-0.3, -0.25) is 0 Å². The molecule has 0 radical (unpaired) electrons. The third-order valence-electron chi connectivity index (χ3n) is 2.52. The lowest BCUT2D eigenvalue weighted by atomic mass is 9.98. The van der Waals surface area contributed by atoms with Gasteiger partial charge in [0, 0.05) is 25.2 Å². The predicted octanol–water partition coefficient (Wildman–Crippen LogP) is 1.61. The number of methoxy groups -OCH3 is 1. The molecular formula is C11H17FN2O2. The van der Waals surface area contributed by atoms with E-state index in [1.165, 1.54) is 7.11 Å². The van der Waals surface area contributed by atoms with Crippen molar-refractivity contribution in [2.24, 2.45) is 11.1 Å². The van der Waals surface area contributed by atoms with Gasteiger partial charge in [-0.2, -0.15) is 0 Å². The average molecular weight is 228 g/mol. The minimum Gasteiger partial charge on any atom is -0.393 e. The van der Waals surface area contributed by atoms with E-state index in [0.29, 0.717) is 5.70 Å². The zero-order valence-corrected chi connectivity index (χ0v) is 9.57. The van der Waals surface area contributed by atoms with Crippen LogP contribution in [-0.4, -0.2) is 32.7 Å². The first-order valence-electron chi connectivity index (χ1n) is 4.99. The first-order chi connectivity index (χ1) is 7.60. The van der Waals surface area contributed by atoms with Gasteiger partial charge in [0.2, 0.25) is 0 Å². The van der Waals surface area contributed by atoms with Crippen LogP contribution in [0, 0.1) is 5.92 Å². The smallest absolute Gasteiger partial charge is 0.146 e. The van der Waals surface area contributed by atoms with Crippen molar-refractivity contribution in [3.63, 3.8) is 0 Å². The molecule has 2 unspecified atom stereocenters. The van der Waals surface area contributed by atoms with E-state index in [9.17, 15) is 4.39 Å². The molecule has 90 valence electrons. The topological polar surface area (TPSA) is 42.9 Å². The Labute approximate surface area is 94.8 Å². The lowest BCUT2D eigenvalue weighted by Gasteiger charge is -2.22. The molecule has 1 heterocycles. The minimum absolute atomic E-state index is 0.0395. The maximum absolute atomic E-state index is 14.1. The van der Waals surface area contributed by atoms with Crippen LogP contribution in [-0.2, 0) is 9.57 Å². The molecule has 1 rings (SSSR count). The van der Waals surface area contributed by atoms with E-state index in [1.807, 2.05) is 6.92 Å². The van der Waals surface area contributed by atoms with E-state index >= 15 is 0 Å². The molecule has 16 heavy (non-hydrogen) atoms. The van der Waals surface area contributed by atoms with Crippen LogP contribution in [0.2, 0.25) is 0 Å². The van der Waals surface area contributed by atoms with Crippen LogP contribution < -0.4 is 5.32 Å². The number of rotatable bonds is 6. The van der Waals surface area contributed by atoms with Gasteiger partial charge in [-0.25, -0.2) is 4.39 Å². The minimum atomic E-state index is -1.22. The Morgan fingerprint density at radius 2 is 2.38 bits per heavy atom. The molecule has 1 aliphatic heterocycles. The van der Waals surface area contributed by atoms with Crippen molar-refractivity contribution in [1.82, 2.24) is 5.32 Å². The quantitative estimate of drug-likeness (QED) is 0.555. The molecule has 0 aliphatic carbocycles. The van der Waals surface area contributed by atoms with Gasteiger partial charge in [0.15, 0.2) is 0 Å². The van der Waals surface area contributed by atoms with Crippen molar-refractivity contribution >= 4 is 6.72 Å². The number of halogens is 1. The third kappa shape index (κ3) is 2.82. The third-order valence-corrected chi connectivity index (χ3v) is 2.52. The summed E-state index contributed by atoms with van der Waals surface area (Å²) in [6, 6.07) is 0. The molecule has 0 saturated carbocycles. The van der Waals surface area contributed by atoms with Gasteiger partial charge >= 0.3 is 0 Å². The molecule has 0 amide bonds. The first kappa shape index (κ1) is 12.7. The second-order valence-corrected chi connectivity index (χ2v) is 3.67. The van der Waals surface area contributed by atoms with E-state index in [-0.39, 0.29) is 6.61 Å². The number of hydrogen-bond donors (Lipinski definition) is 1. The molecule has 0 aromatic rings. The van der Waals surface area contributed by atoms with E-state index in [0.717, 1.165) is 5.70 Å². The van der Waals surface area contributed by atoms with Crippen LogP contribution in [0.25, 0.3) is 0 Å². The van der Waals surface area contributed by atoms with Gasteiger partial charge < -0.3 is 14.9 Å². The number of nitrogens with one attached hydrogen (secondary N) is 1. The molecule has 5 heteroatoms. The Morgan fingerprint density at radius 1 is 1.69 bits per heavy atom. The number of allylic oxidation sites excluding steroid dienone is 2. The summed E-state index contributed by atoms with van der Waals surface area (Å²) < 4.78 is 19.1. The second-order valence-electron chi connectivity index (χ2n) is 3.67. The van der Waals surface area contributed by atoms with Gasteiger partial charge in [-0.05, 0) is 6.92 Å². The molecular weight excluding hydrogens is 211 g/mol. The van der Waals surface area contributed by atoms with Crippen molar-refractivity contribution in [2.45, 2.75) is 19.2 Å². The number of hydrogen-bond acceptors (Lipinski definition) is 4. The largest absolute Gasteiger partial charge is 0.393 e. The van der Waals surface area contributed by atoms with Gasteiger partial charge in [0.1, 0.15) is 18.9 Å². The summed E-state index contributed by atoms with van der Waals surface area (Å²) in [5.41, 5.74) is 1.54. The fourth-order valence-corrected chi connectivity index (χ4v) is 1.68. The Kier molecular flexibility index (Phi) is 4.49. The summed E-state index contributed by atoms with van der Waals surface area (Å²) >= 11 is 0. The maximum Gasteiger partial charge on any atom is 0.146 e. The lowest BCUT2D eigenvalue weighted by molar-refractivity contribution is -0.0387. The number of ether oxygens (including phenoxy) is 1. The Morgan fingerprint density at radius 3 is 2.81 bits per heavy atom. The molecule has 0 spiro atoms. The number of nitrogens with zero attached hydrogens (tertiary/aromatic N) is 1. The summed E-state index contributed by atoms with van der Waals surface area (Å²) in [4.78, 5) is 4.71. The van der Waals surface area contributed by atoms with Crippen molar-refractivity contribution in [3.05, 3.63) is 24.0 Å². The molecule has 3 atom stereocenters. The summed E-state index contributed by atoms with van der Waals surface area (Å²) in [5, 5.41) is 6.19. The van der Waals surface area contributed by atoms with Crippen molar-refractivity contribution < 1.29 is 14.0 Å². The van der Waals surface area contributed by atoms with Crippen molar-refractivity contribution in [3.8, 4) is 0 Å². The monoisotopic (exact) mass is 228 g/mol. The Bertz CT molecular complexity index is 304. The van der Waals surface area contributed by atoms with Crippen molar-refractivity contribution in [2.75, 3.05) is 13.7 Å². The average Bonchev–Trinajstić information content (AvgIpc) is 2.58. The van der Waals surface area contributed by atoms with Crippen LogP contribution >= 0.6 is 0 Å². The summed E-state index contributed by atoms with van der Waals surface area (Å²) in [5.74, 6) is -0.390. The summed E-state index contributed by atoms with van der Waals surface area (Å²) in [7, 11) is 1.44. The van der Waals surface area contributed by atoms with Gasteiger partial charge in [0.25, 0.3) is 0 Å². The van der Waals surface area contributed by atoms with Gasteiger partial charge in [-0.1, -0.05) is 12.7 Å². The molecule has 0 fully saturated rings.